The molecule has 0 saturated heterocycles. The summed E-state index contributed by atoms with van der Waals surface area (Å²) < 4.78 is 10.7. The van der Waals surface area contributed by atoms with Crippen molar-refractivity contribution < 1.29 is 19.4 Å². The lowest BCUT2D eigenvalue weighted by Gasteiger charge is -2.23. The van der Waals surface area contributed by atoms with Crippen LogP contribution in [-0.2, 0) is 9.47 Å². The molecule has 1 atom stereocenters. The highest BCUT2D eigenvalue weighted by Gasteiger charge is 2.19. The lowest BCUT2D eigenvalue weighted by Crippen LogP contribution is -2.43. The molecule has 0 aromatic carbocycles. The molecule has 5 heteroatoms. The Hall–Kier alpha value is -1.75. The van der Waals surface area contributed by atoms with Crippen molar-refractivity contribution >= 4 is 6.09 Å². The van der Waals surface area contributed by atoms with Crippen LogP contribution in [0.15, 0.2) is 36.1 Å². The summed E-state index contributed by atoms with van der Waals surface area (Å²) in [7, 11) is 0. The number of carbonyl (C=O) groups excluding carboxylic acids is 1. The van der Waals surface area contributed by atoms with Crippen LogP contribution in [0.25, 0.3) is 0 Å². The number of ether oxygens (including phenoxy) is 2. The third-order valence-electron chi connectivity index (χ3n) is 2.37. The Balaban J connectivity index is 4.45. The molecule has 0 rings (SSSR count). The smallest absolute Gasteiger partial charge is 0.408 e. The third kappa shape index (κ3) is 9.73. The predicted octanol–water partition coefficient (Wildman–Crippen LogP) is 2.92. The van der Waals surface area contributed by atoms with Crippen LogP contribution in [0.2, 0.25) is 0 Å². The molecular weight excluding hydrogens is 270 g/mol. The van der Waals surface area contributed by atoms with E-state index in [1.807, 2.05) is 19.9 Å². The number of amides is 1. The fourth-order valence-corrected chi connectivity index (χ4v) is 1.30. The molecule has 120 valence electrons. The monoisotopic (exact) mass is 297 g/mol. The summed E-state index contributed by atoms with van der Waals surface area (Å²) in [5.41, 5.74) is 0.382. The first-order chi connectivity index (χ1) is 9.71. The van der Waals surface area contributed by atoms with Crippen LogP contribution in [-0.4, -0.2) is 36.1 Å². The molecule has 5 nitrogen and oxygen atoms in total. The van der Waals surface area contributed by atoms with Gasteiger partial charge in [0.25, 0.3) is 0 Å². The Bertz CT molecular complexity index is 405. The zero-order valence-corrected chi connectivity index (χ0v) is 13.6. The van der Waals surface area contributed by atoms with Gasteiger partial charge < -0.3 is 19.9 Å². The fraction of sp³-hybridized carbons (Fsp3) is 0.562. The largest absolute Gasteiger partial charge is 0.492 e. The number of carbonyl (C=O) groups is 1. The number of hydrogen-bond acceptors (Lipinski definition) is 4. The summed E-state index contributed by atoms with van der Waals surface area (Å²) in [5.74, 6) is 0.650. The van der Waals surface area contributed by atoms with E-state index in [0.29, 0.717) is 5.76 Å². The van der Waals surface area contributed by atoms with E-state index >= 15 is 0 Å². The van der Waals surface area contributed by atoms with Gasteiger partial charge in [-0.15, -0.1) is 0 Å². The van der Waals surface area contributed by atoms with Crippen molar-refractivity contribution in [2.75, 3.05) is 13.2 Å². The van der Waals surface area contributed by atoms with Crippen LogP contribution >= 0.6 is 0 Å². The summed E-state index contributed by atoms with van der Waals surface area (Å²) >= 11 is 0. The Labute approximate surface area is 127 Å². The molecule has 0 aromatic rings. The molecule has 0 aliphatic carbocycles. The molecule has 0 aliphatic heterocycles. The van der Waals surface area contributed by atoms with E-state index in [1.54, 1.807) is 32.9 Å². The zero-order chi connectivity index (χ0) is 16.5. The first-order valence-electron chi connectivity index (χ1n) is 6.92. The molecule has 0 heterocycles. The molecule has 0 aliphatic rings. The summed E-state index contributed by atoms with van der Waals surface area (Å²) in [6.07, 6.45) is 4.77. The van der Waals surface area contributed by atoms with Gasteiger partial charge in [0, 0.05) is 0 Å². The second-order valence-corrected chi connectivity index (χ2v) is 5.62. The SMILES string of the molecule is C=C/C(C)=C\C(=C/C)OCC(CO)NC(=O)OC(C)(C)C. The van der Waals surface area contributed by atoms with Crippen LogP contribution in [0.3, 0.4) is 0 Å². The topological polar surface area (TPSA) is 67.8 Å². The summed E-state index contributed by atoms with van der Waals surface area (Å²) in [6, 6.07) is -0.535. The minimum atomic E-state index is -0.580. The molecule has 0 bridgehead atoms. The summed E-state index contributed by atoms with van der Waals surface area (Å²) in [5, 5.41) is 11.9. The van der Waals surface area contributed by atoms with E-state index in [0.717, 1.165) is 5.57 Å². The number of nitrogens with one attached hydrogen (secondary N) is 1. The van der Waals surface area contributed by atoms with Gasteiger partial charge in [-0.25, -0.2) is 4.79 Å². The van der Waals surface area contributed by atoms with E-state index in [9.17, 15) is 9.90 Å². The minimum Gasteiger partial charge on any atom is -0.492 e. The number of aliphatic hydroxyl groups excluding tert-OH is 1. The molecule has 2 N–H and O–H groups in total. The van der Waals surface area contributed by atoms with Crippen LogP contribution in [0, 0.1) is 0 Å². The molecular formula is C16H27NO4. The van der Waals surface area contributed by atoms with E-state index in [2.05, 4.69) is 11.9 Å². The normalized spacial score (nSPS) is 14.4. The van der Waals surface area contributed by atoms with Crippen molar-refractivity contribution in [3.8, 4) is 0 Å². The van der Waals surface area contributed by atoms with Gasteiger partial charge >= 0.3 is 6.09 Å². The predicted molar refractivity (Wildman–Crippen MR) is 83.9 cm³/mol. The quantitative estimate of drug-likeness (QED) is 0.560. The molecule has 1 unspecified atom stereocenters. The first-order valence-corrected chi connectivity index (χ1v) is 6.92. The Morgan fingerprint density at radius 2 is 2.05 bits per heavy atom. The van der Waals surface area contributed by atoms with Gasteiger partial charge in [0.05, 0.1) is 12.6 Å². The maximum atomic E-state index is 11.6. The lowest BCUT2D eigenvalue weighted by molar-refractivity contribution is 0.0438. The first kappa shape index (κ1) is 19.2. The van der Waals surface area contributed by atoms with Gasteiger partial charge in [-0.3, -0.25) is 0 Å². The highest BCUT2D eigenvalue weighted by molar-refractivity contribution is 5.68. The molecule has 0 radical (unpaired) electrons. The Kier molecular flexibility index (Phi) is 8.47. The van der Waals surface area contributed by atoms with E-state index in [1.165, 1.54) is 0 Å². The van der Waals surface area contributed by atoms with E-state index in [4.69, 9.17) is 9.47 Å². The van der Waals surface area contributed by atoms with Crippen LogP contribution in [0.5, 0.6) is 0 Å². The van der Waals surface area contributed by atoms with Gasteiger partial charge in [-0.1, -0.05) is 12.7 Å². The number of alkyl carbamates (subject to hydrolysis) is 1. The van der Waals surface area contributed by atoms with Crippen molar-refractivity contribution in [1.82, 2.24) is 5.32 Å². The van der Waals surface area contributed by atoms with Crippen molar-refractivity contribution in [3.05, 3.63) is 36.1 Å². The van der Waals surface area contributed by atoms with Gasteiger partial charge in [0.2, 0.25) is 0 Å². The average molecular weight is 297 g/mol. The van der Waals surface area contributed by atoms with Gasteiger partial charge in [-0.2, -0.15) is 0 Å². The average Bonchev–Trinajstić information content (AvgIpc) is 2.39. The highest BCUT2D eigenvalue weighted by Crippen LogP contribution is 2.08. The number of hydrogen-bond donors (Lipinski definition) is 2. The number of aliphatic hydroxyl groups is 1. The second kappa shape index (κ2) is 9.23. The van der Waals surface area contributed by atoms with E-state index in [-0.39, 0.29) is 13.2 Å². The standard InChI is InChI=1S/C16H27NO4/c1-7-12(3)9-14(8-2)20-11-13(10-18)17-15(19)21-16(4,5)6/h7-9,13,18H,1,10-11H2,2-6H3,(H,17,19)/b12-9-,14-8+. The molecule has 0 aromatic heterocycles. The molecule has 0 spiro atoms. The van der Waals surface area contributed by atoms with Crippen molar-refractivity contribution in [2.24, 2.45) is 0 Å². The molecule has 0 fully saturated rings. The van der Waals surface area contributed by atoms with E-state index < -0.39 is 17.7 Å². The van der Waals surface area contributed by atoms with Gasteiger partial charge in [-0.05, 0) is 52.3 Å². The maximum absolute atomic E-state index is 11.6. The number of allylic oxidation sites excluding steroid dienone is 4. The lowest BCUT2D eigenvalue weighted by atomic mass is 10.2. The summed E-state index contributed by atoms with van der Waals surface area (Å²) in [4.78, 5) is 11.6. The zero-order valence-electron chi connectivity index (χ0n) is 13.6. The highest BCUT2D eigenvalue weighted by atomic mass is 16.6. The van der Waals surface area contributed by atoms with Crippen LogP contribution in [0.4, 0.5) is 4.79 Å². The Morgan fingerprint density at radius 3 is 2.48 bits per heavy atom. The minimum absolute atomic E-state index is 0.149. The van der Waals surface area contributed by atoms with Crippen LogP contribution in [0.1, 0.15) is 34.6 Å². The van der Waals surface area contributed by atoms with Crippen molar-refractivity contribution in [2.45, 2.75) is 46.3 Å². The summed E-state index contributed by atoms with van der Waals surface area (Å²) in [6.45, 7) is 12.7. The van der Waals surface area contributed by atoms with Gasteiger partial charge in [0.15, 0.2) is 0 Å². The molecule has 21 heavy (non-hydrogen) atoms. The molecule has 0 saturated carbocycles. The van der Waals surface area contributed by atoms with Crippen molar-refractivity contribution in [1.29, 1.82) is 0 Å². The van der Waals surface area contributed by atoms with Gasteiger partial charge in [0.1, 0.15) is 18.0 Å². The third-order valence-corrected chi connectivity index (χ3v) is 2.37. The number of rotatable bonds is 7. The van der Waals surface area contributed by atoms with Crippen LogP contribution < -0.4 is 5.32 Å². The molecule has 1 amide bonds. The Morgan fingerprint density at radius 1 is 1.43 bits per heavy atom. The second-order valence-electron chi connectivity index (χ2n) is 5.62. The fourth-order valence-electron chi connectivity index (χ4n) is 1.30. The van der Waals surface area contributed by atoms with Crippen molar-refractivity contribution in [3.63, 3.8) is 0 Å². The maximum Gasteiger partial charge on any atom is 0.408 e.